The van der Waals surface area contributed by atoms with Gasteiger partial charge < -0.3 is 9.84 Å². The van der Waals surface area contributed by atoms with Gasteiger partial charge in [-0.05, 0) is 33.5 Å². The highest BCUT2D eigenvalue weighted by Crippen LogP contribution is 2.15. The maximum absolute atomic E-state index is 9.93. The molecule has 0 amide bonds. The van der Waals surface area contributed by atoms with Gasteiger partial charge in [0.25, 0.3) is 0 Å². The molecule has 0 saturated heterocycles. The van der Waals surface area contributed by atoms with Gasteiger partial charge in [0.1, 0.15) is 12.3 Å². The lowest BCUT2D eigenvalue weighted by Crippen LogP contribution is -2.29. The topological polar surface area (TPSA) is 32.7 Å². The molecule has 0 saturated carbocycles. The van der Waals surface area contributed by atoms with E-state index in [-0.39, 0.29) is 6.23 Å². The quantitative estimate of drug-likeness (QED) is 0.774. The molecule has 0 aliphatic carbocycles. The first-order valence-corrected chi connectivity index (χ1v) is 5.53. The third kappa shape index (κ3) is 3.93. The molecule has 90 valence electrons. The summed E-state index contributed by atoms with van der Waals surface area (Å²) in [5.74, 6) is 0. The van der Waals surface area contributed by atoms with Crippen LogP contribution in [0.5, 0.6) is 0 Å². The zero-order chi connectivity index (χ0) is 12.1. The zero-order valence-corrected chi connectivity index (χ0v) is 10.5. The van der Waals surface area contributed by atoms with Crippen LogP contribution in [0.2, 0.25) is 0 Å². The summed E-state index contributed by atoms with van der Waals surface area (Å²) >= 11 is 0. The number of hydrogen-bond acceptors (Lipinski definition) is 3. The van der Waals surface area contributed by atoms with Crippen LogP contribution in [0.15, 0.2) is 24.3 Å². The Bertz CT molecular complexity index is 325. The van der Waals surface area contributed by atoms with Gasteiger partial charge in [-0.15, -0.1) is 0 Å². The summed E-state index contributed by atoms with van der Waals surface area (Å²) in [6.45, 7) is 4.30. The molecule has 1 aromatic rings. The second kappa shape index (κ2) is 5.99. The Morgan fingerprint density at radius 1 is 1.38 bits per heavy atom. The second-order valence-electron chi connectivity index (χ2n) is 4.33. The van der Waals surface area contributed by atoms with E-state index in [1.54, 1.807) is 0 Å². The van der Waals surface area contributed by atoms with Crippen LogP contribution in [0.1, 0.15) is 24.2 Å². The van der Waals surface area contributed by atoms with Crippen LogP contribution in [0.25, 0.3) is 0 Å². The summed E-state index contributed by atoms with van der Waals surface area (Å²) in [4.78, 5) is 1.96. The highest BCUT2D eigenvalue weighted by atomic mass is 16.5. The Hall–Kier alpha value is -0.900. The molecule has 2 unspecified atom stereocenters. The van der Waals surface area contributed by atoms with Crippen molar-refractivity contribution in [3.05, 3.63) is 35.4 Å². The monoisotopic (exact) mass is 223 g/mol. The van der Waals surface area contributed by atoms with Crippen LogP contribution in [-0.4, -0.2) is 36.9 Å². The van der Waals surface area contributed by atoms with Crippen molar-refractivity contribution < 1.29 is 9.84 Å². The average Bonchev–Trinajstić information content (AvgIpc) is 2.25. The number of benzene rings is 1. The number of nitrogens with zero attached hydrogens (tertiary/aromatic N) is 1. The van der Waals surface area contributed by atoms with Gasteiger partial charge in [-0.25, -0.2) is 0 Å². The van der Waals surface area contributed by atoms with Gasteiger partial charge in [0.15, 0.2) is 0 Å². The summed E-state index contributed by atoms with van der Waals surface area (Å²) in [7, 11) is 3.90. The average molecular weight is 223 g/mol. The number of aliphatic hydroxyl groups excluding tert-OH is 1. The van der Waals surface area contributed by atoms with Crippen LogP contribution >= 0.6 is 0 Å². The van der Waals surface area contributed by atoms with Crippen molar-refractivity contribution in [3.8, 4) is 0 Å². The van der Waals surface area contributed by atoms with Crippen molar-refractivity contribution in [2.45, 2.75) is 26.2 Å². The molecule has 1 aromatic carbocycles. The number of ether oxygens (including phenoxy) is 1. The number of aliphatic hydroxyl groups is 1. The molecule has 0 spiro atoms. The number of hydrogen-bond donors (Lipinski definition) is 1. The van der Waals surface area contributed by atoms with Gasteiger partial charge >= 0.3 is 0 Å². The normalized spacial score (nSPS) is 15.1. The van der Waals surface area contributed by atoms with E-state index in [1.807, 2.05) is 57.1 Å². The summed E-state index contributed by atoms with van der Waals surface area (Å²) in [5.41, 5.74) is 2.06. The van der Waals surface area contributed by atoms with E-state index in [2.05, 4.69) is 0 Å². The fraction of sp³-hybridized carbons (Fsp3) is 0.538. The molecule has 1 N–H and O–H groups in total. The summed E-state index contributed by atoms with van der Waals surface area (Å²) in [5, 5.41) is 9.93. The van der Waals surface area contributed by atoms with E-state index in [9.17, 15) is 5.11 Å². The highest BCUT2D eigenvalue weighted by molar-refractivity contribution is 5.23. The lowest BCUT2D eigenvalue weighted by molar-refractivity contribution is -0.0602. The van der Waals surface area contributed by atoms with Crippen molar-refractivity contribution in [3.63, 3.8) is 0 Å². The molecule has 3 heteroatoms. The minimum Gasteiger partial charge on any atom is -0.386 e. The molecule has 0 radical (unpaired) electrons. The SMILES string of the molecule is Cc1cccc(C(O)COC(C)N(C)C)c1. The molecule has 0 bridgehead atoms. The molecule has 16 heavy (non-hydrogen) atoms. The lowest BCUT2D eigenvalue weighted by atomic mass is 10.1. The van der Waals surface area contributed by atoms with Crippen LogP contribution in [0, 0.1) is 6.92 Å². The van der Waals surface area contributed by atoms with E-state index in [4.69, 9.17) is 4.74 Å². The predicted octanol–water partition coefficient (Wildman–Crippen LogP) is 1.95. The van der Waals surface area contributed by atoms with Gasteiger partial charge in [-0.1, -0.05) is 29.8 Å². The zero-order valence-electron chi connectivity index (χ0n) is 10.5. The number of aryl methyl sites for hydroxylation is 1. The molecule has 0 heterocycles. The highest BCUT2D eigenvalue weighted by Gasteiger charge is 2.11. The van der Waals surface area contributed by atoms with E-state index >= 15 is 0 Å². The molecule has 3 nitrogen and oxygen atoms in total. The maximum Gasteiger partial charge on any atom is 0.107 e. The van der Waals surface area contributed by atoms with E-state index in [0.717, 1.165) is 11.1 Å². The lowest BCUT2D eigenvalue weighted by Gasteiger charge is -2.22. The van der Waals surface area contributed by atoms with Gasteiger partial charge in [-0.2, -0.15) is 0 Å². The van der Waals surface area contributed by atoms with E-state index in [1.165, 1.54) is 0 Å². The fourth-order valence-electron chi connectivity index (χ4n) is 1.35. The minimum absolute atomic E-state index is 0.0134. The van der Waals surface area contributed by atoms with Crippen molar-refractivity contribution in [2.75, 3.05) is 20.7 Å². The van der Waals surface area contributed by atoms with Crippen molar-refractivity contribution >= 4 is 0 Å². The molecule has 0 fully saturated rings. The Labute approximate surface area is 97.7 Å². The van der Waals surface area contributed by atoms with Gasteiger partial charge in [-0.3, -0.25) is 4.90 Å². The molecule has 0 aliphatic rings. The van der Waals surface area contributed by atoms with Gasteiger partial charge in [0.2, 0.25) is 0 Å². The Morgan fingerprint density at radius 3 is 2.62 bits per heavy atom. The standard InChI is InChI=1S/C13H21NO2/c1-10-6-5-7-12(8-10)13(15)9-16-11(2)14(3)4/h5-8,11,13,15H,9H2,1-4H3. The Balaban J connectivity index is 2.49. The first-order chi connectivity index (χ1) is 7.50. The fourth-order valence-corrected chi connectivity index (χ4v) is 1.35. The second-order valence-corrected chi connectivity index (χ2v) is 4.33. The van der Waals surface area contributed by atoms with E-state index in [0.29, 0.717) is 6.61 Å². The summed E-state index contributed by atoms with van der Waals surface area (Å²) < 4.78 is 5.54. The van der Waals surface area contributed by atoms with Crippen LogP contribution in [-0.2, 0) is 4.74 Å². The Kier molecular flexibility index (Phi) is 4.93. The van der Waals surface area contributed by atoms with Crippen LogP contribution < -0.4 is 0 Å². The van der Waals surface area contributed by atoms with Crippen molar-refractivity contribution in [1.29, 1.82) is 0 Å². The van der Waals surface area contributed by atoms with Crippen LogP contribution in [0.4, 0.5) is 0 Å². The molecular weight excluding hydrogens is 202 g/mol. The van der Waals surface area contributed by atoms with Crippen molar-refractivity contribution in [2.24, 2.45) is 0 Å². The summed E-state index contributed by atoms with van der Waals surface area (Å²) in [6, 6.07) is 7.86. The third-order valence-corrected chi connectivity index (χ3v) is 2.65. The van der Waals surface area contributed by atoms with E-state index < -0.39 is 6.10 Å². The Morgan fingerprint density at radius 2 is 2.06 bits per heavy atom. The maximum atomic E-state index is 9.93. The van der Waals surface area contributed by atoms with Crippen molar-refractivity contribution in [1.82, 2.24) is 4.90 Å². The third-order valence-electron chi connectivity index (χ3n) is 2.65. The van der Waals surface area contributed by atoms with Crippen LogP contribution in [0.3, 0.4) is 0 Å². The number of rotatable bonds is 5. The molecule has 0 aliphatic heterocycles. The van der Waals surface area contributed by atoms with Gasteiger partial charge in [0, 0.05) is 0 Å². The smallest absolute Gasteiger partial charge is 0.107 e. The summed E-state index contributed by atoms with van der Waals surface area (Å²) in [6.07, 6.45) is -0.540. The largest absolute Gasteiger partial charge is 0.386 e. The molecular formula is C13H21NO2. The predicted molar refractivity (Wildman–Crippen MR) is 65.2 cm³/mol. The molecule has 2 atom stereocenters. The molecule has 1 rings (SSSR count). The molecule has 0 aromatic heterocycles. The first kappa shape index (κ1) is 13.2. The first-order valence-electron chi connectivity index (χ1n) is 5.53. The van der Waals surface area contributed by atoms with Gasteiger partial charge in [0.05, 0.1) is 6.61 Å². The minimum atomic E-state index is -0.553.